The molecule has 1 aliphatic heterocycles. The van der Waals surface area contributed by atoms with E-state index in [-0.39, 0.29) is 11.7 Å². The minimum absolute atomic E-state index is 0.159. The van der Waals surface area contributed by atoms with Crippen LogP contribution in [0.4, 0.5) is 5.69 Å². The zero-order valence-corrected chi connectivity index (χ0v) is 13.0. The van der Waals surface area contributed by atoms with E-state index in [1.807, 2.05) is 36.4 Å². The van der Waals surface area contributed by atoms with Gasteiger partial charge in [-0.3, -0.25) is 10.2 Å². The molecule has 0 atom stereocenters. The number of anilines is 1. The Bertz CT molecular complexity index is 760. The van der Waals surface area contributed by atoms with E-state index in [0.717, 1.165) is 11.3 Å². The molecule has 0 radical (unpaired) electrons. The van der Waals surface area contributed by atoms with Crippen molar-refractivity contribution in [3.05, 3.63) is 65.1 Å². The molecule has 22 heavy (non-hydrogen) atoms. The van der Waals surface area contributed by atoms with E-state index in [1.165, 1.54) is 16.8 Å². The molecule has 0 aromatic heterocycles. The quantitative estimate of drug-likeness (QED) is 0.666. The van der Waals surface area contributed by atoms with E-state index >= 15 is 0 Å². The second-order valence-electron chi connectivity index (χ2n) is 4.59. The summed E-state index contributed by atoms with van der Waals surface area (Å²) >= 11 is 6.48. The van der Waals surface area contributed by atoms with Crippen molar-refractivity contribution in [3.8, 4) is 5.75 Å². The van der Waals surface area contributed by atoms with Crippen LogP contribution in [0.2, 0.25) is 0 Å². The van der Waals surface area contributed by atoms with Crippen molar-refractivity contribution in [3.63, 3.8) is 0 Å². The Balaban J connectivity index is 1.82. The summed E-state index contributed by atoms with van der Waals surface area (Å²) in [5, 5.41) is 10.8. The number of hydrogen-bond acceptors (Lipinski definition) is 5. The first-order valence-electron chi connectivity index (χ1n) is 6.52. The van der Waals surface area contributed by atoms with Gasteiger partial charge in [0.15, 0.2) is 4.32 Å². The van der Waals surface area contributed by atoms with Crippen LogP contribution in [-0.4, -0.2) is 20.3 Å². The molecule has 6 heteroatoms. The third kappa shape index (κ3) is 3.13. The second kappa shape index (κ2) is 6.21. The zero-order chi connectivity index (χ0) is 15.5. The SMILES string of the molecule is O=C1/C(=C\c2cccc(O)c2)SC(=S)N1Nc1ccccc1. The number of phenols is 1. The van der Waals surface area contributed by atoms with Crippen molar-refractivity contribution in [1.29, 1.82) is 0 Å². The van der Waals surface area contributed by atoms with Gasteiger partial charge in [-0.05, 0) is 48.1 Å². The van der Waals surface area contributed by atoms with Crippen molar-refractivity contribution in [1.82, 2.24) is 5.01 Å². The summed E-state index contributed by atoms with van der Waals surface area (Å²) in [5.74, 6) is -0.0474. The number of amides is 1. The molecular weight excluding hydrogens is 316 g/mol. The molecule has 2 aromatic carbocycles. The molecule has 110 valence electrons. The third-order valence-corrected chi connectivity index (χ3v) is 4.28. The Morgan fingerprint density at radius 2 is 1.91 bits per heavy atom. The predicted molar refractivity (Wildman–Crippen MR) is 93.2 cm³/mol. The number of carbonyl (C=O) groups excluding carboxylic acids is 1. The number of rotatable bonds is 3. The lowest BCUT2D eigenvalue weighted by atomic mass is 10.2. The highest BCUT2D eigenvalue weighted by Crippen LogP contribution is 2.33. The van der Waals surface area contributed by atoms with Gasteiger partial charge in [0.1, 0.15) is 5.75 Å². The molecule has 0 saturated carbocycles. The van der Waals surface area contributed by atoms with Gasteiger partial charge in [-0.2, -0.15) is 0 Å². The summed E-state index contributed by atoms with van der Waals surface area (Å²) in [6.45, 7) is 0. The molecular formula is C16H12N2O2S2. The molecule has 1 heterocycles. The number of nitrogens with zero attached hydrogens (tertiary/aromatic N) is 1. The fourth-order valence-corrected chi connectivity index (χ4v) is 3.15. The van der Waals surface area contributed by atoms with E-state index in [2.05, 4.69) is 5.43 Å². The maximum Gasteiger partial charge on any atom is 0.285 e. The molecule has 0 bridgehead atoms. The number of thiocarbonyl (C=S) groups is 1. The summed E-state index contributed by atoms with van der Waals surface area (Å²) < 4.78 is 0.445. The Morgan fingerprint density at radius 1 is 1.14 bits per heavy atom. The summed E-state index contributed by atoms with van der Waals surface area (Å²) in [7, 11) is 0. The summed E-state index contributed by atoms with van der Waals surface area (Å²) in [4.78, 5) is 12.9. The van der Waals surface area contributed by atoms with Gasteiger partial charge in [0.05, 0.1) is 10.6 Å². The van der Waals surface area contributed by atoms with Crippen LogP contribution < -0.4 is 5.43 Å². The molecule has 0 spiro atoms. The number of benzene rings is 2. The van der Waals surface area contributed by atoms with Crippen LogP contribution in [0.1, 0.15) is 5.56 Å². The minimum Gasteiger partial charge on any atom is -0.508 e. The molecule has 4 nitrogen and oxygen atoms in total. The third-order valence-electron chi connectivity index (χ3n) is 2.98. The van der Waals surface area contributed by atoms with E-state index in [1.54, 1.807) is 24.3 Å². The molecule has 3 rings (SSSR count). The van der Waals surface area contributed by atoms with Crippen LogP contribution in [0, 0.1) is 0 Å². The van der Waals surface area contributed by atoms with E-state index in [0.29, 0.717) is 9.23 Å². The van der Waals surface area contributed by atoms with Crippen LogP contribution in [0.5, 0.6) is 5.75 Å². The highest BCUT2D eigenvalue weighted by atomic mass is 32.2. The van der Waals surface area contributed by atoms with Gasteiger partial charge in [0.2, 0.25) is 0 Å². The van der Waals surface area contributed by atoms with E-state index in [4.69, 9.17) is 12.2 Å². The van der Waals surface area contributed by atoms with Gasteiger partial charge in [-0.15, -0.1) is 0 Å². The van der Waals surface area contributed by atoms with Crippen molar-refractivity contribution >= 4 is 46.0 Å². The van der Waals surface area contributed by atoms with E-state index < -0.39 is 0 Å². The first kappa shape index (κ1) is 14.6. The Labute approximate surface area is 137 Å². The number of aromatic hydroxyl groups is 1. The van der Waals surface area contributed by atoms with E-state index in [9.17, 15) is 9.90 Å². The lowest BCUT2D eigenvalue weighted by Gasteiger charge is -2.16. The molecule has 0 aliphatic carbocycles. The maximum absolute atomic E-state index is 12.4. The van der Waals surface area contributed by atoms with Gasteiger partial charge in [-0.1, -0.05) is 42.1 Å². The molecule has 0 unspecified atom stereocenters. The number of hydrazine groups is 1. The zero-order valence-electron chi connectivity index (χ0n) is 11.4. The van der Waals surface area contributed by atoms with Crippen LogP contribution >= 0.6 is 24.0 Å². The Hall–Kier alpha value is -2.31. The molecule has 2 aromatic rings. The Kier molecular flexibility index (Phi) is 4.13. The standard InChI is InChI=1S/C16H12N2O2S2/c19-13-8-4-5-11(9-13)10-14-15(20)18(16(21)22-14)17-12-6-2-1-3-7-12/h1-10,17,19H/b14-10+. The fraction of sp³-hybridized carbons (Fsp3) is 0. The first-order valence-corrected chi connectivity index (χ1v) is 7.75. The topological polar surface area (TPSA) is 52.6 Å². The Morgan fingerprint density at radius 3 is 2.64 bits per heavy atom. The molecule has 1 aliphatic rings. The average molecular weight is 328 g/mol. The average Bonchev–Trinajstić information content (AvgIpc) is 2.76. The van der Waals surface area contributed by atoms with Crippen LogP contribution in [0.3, 0.4) is 0 Å². The number of phenolic OH excluding ortho intramolecular Hbond substituents is 1. The fourth-order valence-electron chi connectivity index (χ4n) is 1.97. The second-order valence-corrected chi connectivity index (χ2v) is 6.27. The highest BCUT2D eigenvalue weighted by molar-refractivity contribution is 8.26. The minimum atomic E-state index is -0.206. The van der Waals surface area contributed by atoms with Gasteiger partial charge in [-0.25, -0.2) is 5.01 Å². The lowest BCUT2D eigenvalue weighted by Crippen LogP contribution is -2.33. The van der Waals surface area contributed by atoms with Crippen LogP contribution in [-0.2, 0) is 4.79 Å². The molecule has 2 N–H and O–H groups in total. The summed E-state index contributed by atoms with van der Waals surface area (Å²) in [5.41, 5.74) is 4.54. The molecule has 1 amide bonds. The number of thioether (sulfide) groups is 1. The first-order chi connectivity index (χ1) is 10.6. The number of carbonyl (C=O) groups is 1. The lowest BCUT2D eigenvalue weighted by molar-refractivity contribution is -0.121. The van der Waals surface area contributed by atoms with Gasteiger partial charge >= 0.3 is 0 Å². The molecule has 1 saturated heterocycles. The number of hydrogen-bond donors (Lipinski definition) is 2. The van der Waals surface area contributed by atoms with Crippen molar-refractivity contribution in [2.24, 2.45) is 0 Å². The van der Waals surface area contributed by atoms with Gasteiger partial charge in [0.25, 0.3) is 5.91 Å². The number of nitrogens with one attached hydrogen (secondary N) is 1. The van der Waals surface area contributed by atoms with Crippen molar-refractivity contribution < 1.29 is 9.90 Å². The maximum atomic E-state index is 12.4. The van der Waals surface area contributed by atoms with Gasteiger partial charge < -0.3 is 5.11 Å². The van der Waals surface area contributed by atoms with Gasteiger partial charge in [0, 0.05) is 0 Å². The largest absolute Gasteiger partial charge is 0.508 e. The highest BCUT2D eigenvalue weighted by Gasteiger charge is 2.32. The van der Waals surface area contributed by atoms with Crippen LogP contribution in [0.25, 0.3) is 6.08 Å². The number of para-hydroxylation sites is 1. The molecule has 1 fully saturated rings. The summed E-state index contributed by atoms with van der Waals surface area (Å²) in [6.07, 6.45) is 1.71. The monoisotopic (exact) mass is 328 g/mol. The summed E-state index contributed by atoms with van der Waals surface area (Å²) in [6, 6.07) is 16.1. The van der Waals surface area contributed by atoms with Crippen molar-refractivity contribution in [2.75, 3.05) is 5.43 Å². The van der Waals surface area contributed by atoms with Crippen LogP contribution in [0.15, 0.2) is 59.5 Å². The predicted octanol–water partition coefficient (Wildman–Crippen LogP) is 3.62. The van der Waals surface area contributed by atoms with Crippen molar-refractivity contribution in [2.45, 2.75) is 0 Å². The normalized spacial score (nSPS) is 16.4. The smallest absolute Gasteiger partial charge is 0.285 e.